The van der Waals surface area contributed by atoms with E-state index < -0.39 is 23.0 Å². The van der Waals surface area contributed by atoms with Crippen molar-refractivity contribution >= 4 is 12.1 Å². The van der Waals surface area contributed by atoms with E-state index >= 15 is 0 Å². The highest BCUT2D eigenvalue weighted by Crippen LogP contribution is 2.54. The number of carboxylic acids is 1. The van der Waals surface area contributed by atoms with Gasteiger partial charge < -0.3 is 19.9 Å². The van der Waals surface area contributed by atoms with Gasteiger partial charge in [-0.3, -0.25) is 0 Å². The van der Waals surface area contributed by atoms with Crippen LogP contribution in [0.5, 0.6) is 0 Å². The van der Waals surface area contributed by atoms with Crippen LogP contribution in [0.1, 0.15) is 31.4 Å². The van der Waals surface area contributed by atoms with Gasteiger partial charge in [0.05, 0.1) is 13.2 Å². The van der Waals surface area contributed by atoms with E-state index in [0.29, 0.717) is 19.6 Å². The minimum absolute atomic E-state index is 0.0109. The zero-order valence-electron chi connectivity index (χ0n) is 16.8. The summed E-state index contributed by atoms with van der Waals surface area (Å²) in [4.78, 5) is 24.4. The van der Waals surface area contributed by atoms with Crippen molar-refractivity contribution in [1.82, 2.24) is 5.32 Å². The Bertz CT molecular complexity index is 837. The lowest BCUT2D eigenvalue weighted by atomic mass is 9.49. The number of alkyl carbamates (subject to hydrolysis) is 1. The molecule has 6 nitrogen and oxygen atoms in total. The van der Waals surface area contributed by atoms with Crippen molar-refractivity contribution in [1.29, 1.82) is 0 Å². The van der Waals surface area contributed by atoms with Crippen LogP contribution in [-0.2, 0) is 27.5 Å². The predicted molar refractivity (Wildman–Crippen MR) is 108 cm³/mol. The fourth-order valence-corrected chi connectivity index (χ4v) is 3.83. The Hall–Kier alpha value is -2.86. The Labute approximate surface area is 170 Å². The molecule has 0 spiro atoms. The second-order valence-electron chi connectivity index (χ2n) is 8.02. The van der Waals surface area contributed by atoms with Gasteiger partial charge in [0.2, 0.25) is 0 Å². The molecule has 2 aromatic carbocycles. The predicted octanol–water partition coefficient (Wildman–Crippen LogP) is 4.00. The third-order valence-electron chi connectivity index (χ3n) is 6.00. The number of amides is 1. The van der Waals surface area contributed by atoms with Crippen LogP contribution >= 0.6 is 0 Å². The first-order chi connectivity index (χ1) is 13.8. The third kappa shape index (κ3) is 4.43. The largest absolute Gasteiger partial charge is 0.479 e. The van der Waals surface area contributed by atoms with E-state index in [2.05, 4.69) is 5.32 Å². The van der Waals surface area contributed by atoms with E-state index in [9.17, 15) is 14.7 Å². The average Bonchev–Trinajstić information content (AvgIpc) is 2.72. The van der Waals surface area contributed by atoms with Crippen LogP contribution in [0.4, 0.5) is 4.79 Å². The topological polar surface area (TPSA) is 84.9 Å². The number of rotatable bonds is 8. The lowest BCUT2D eigenvalue weighted by molar-refractivity contribution is -0.174. The second kappa shape index (κ2) is 8.66. The molecule has 0 saturated heterocycles. The minimum Gasteiger partial charge on any atom is -0.479 e. The molecule has 0 bridgehead atoms. The molecule has 2 atom stereocenters. The molecule has 2 N–H and O–H groups in total. The summed E-state index contributed by atoms with van der Waals surface area (Å²) in [7, 11) is 0. The fourth-order valence-electron chi connectivity index (χ4n) is 3.83. The quantitative estimate of drug-likeness (QED) is 0.703. The summed E-state index contributed by atoms with van der Waals surface area (Å²) in [5.74, 6) is -1.05. The van der Waals surface area contributed by atoms with Gasteiger partial charge in [-0.15, -0.1) is 0 Å². The van der Waals surface area contributed by atoms with E-state index in [0.717, 1.165) is 11.1 Å². The fraction of sp³-hybridized carbons (Fsp3) is 0.391. The molecule has 1 aliphatic carbocycles. The first kappa shape index (κ1) is 20.9. The van der Waals surface area contributed by atoms with Crippen molar-refractivity contribution in [3.8, 4) is 0 Å². The highest BCUT2D eigenvalue weighted by atomic mass is 16.5. The summed E-state index contributed by atoms with van der Waals surface area (Å²) >= 11 is 0. The number of ether oxygens (including phenoxy) is 2. The number of aliphatic carboxylic acids is 1. The molecular weight excluding hydrogens is 370 g/mol. The molecule has 3 rings (SSSR count). The number of hydrogen-bond donors (Lipinski definition) is 2. The molecule has 0 aromatic heterocycles. The molecule has 1 amide bonds. The van der Waals surface area contributed by atoms with Gasteiger partial charge in [0.25, 0.3) is 0 Å². The lowest BCUT2D eigenvalue weighted by Crippen LogP contribution is -2.74. The molecule has 0 heterocycles. The summed E-state index contributed by atoms with van der Waals surface area (Å²) < 4.78 is 11.0. The van der Waals surface area contributed by atoms with Gasteiger partial charge in [-0.1, -0.05) is 74.5 Å². The highest BCUT2D eigenvalue weighted by Gasteiger charge is 2.65. The SMILES string of the molecule is CC1(C)C(COCc2ccccc2)CC1(NC(=O)OCc1ccccc1)C(=O)O. The Kier molecular flexibility index (Phi) is 6.23. The maximum absolute atomic E-state index is 12.3. The van der Waals surface area contributed by atoms with Crippen molar-refractivity contribution in [3.05, 3.63) is 71.8 Å². The van der Waals surface area contributed by atoms with Crippen LogP contribution in [0.3, 0.4) is 0 Å². The molecule has 0 aliphatic heterocycles. The van der Waals surface area contributed by atoms with Crippen molar-refractivity contribution in [2.24, 2.45) is 11.3 Å². The average molecular weight is 397 g/mol. The summed E-state index contributed by atoms with van der Waals surface area (Å²) in [5, 5.41) is 12.5. The number of carboxylic acid groups (broad SMARTS) is 1. The Morgan fingerprint density at radius 2 is 1.55 bits per heavy atom. The zero-order chi connectivity index (χ0) is 20.9. The van der Waals surface area contributed by atoms with Crippen molar-refractivity contribution in [2.75, 3.05) is 6.61 Å². The van der Waals surface area contributed by atoms with Crippen molar-refractivity contribution in [2.45, 2.75) is 39.0 Å². The van der Waals surface area contributed by atoms with E-state index in [4.69, 9.17) is 9.47 Å². The van der Waals surface area contributed by atoms with Gasteiger partial charge in [-0.25, -0.2) is 9.59 Å². The summed E-state index contributed by atoms with van der Waals surface area (Å²) in [6.45, 7) is 4.68. The maximum Gasteiger partial charge on any atom is 0.408 e. The molecule has 1 aliphatic rings. The van der Waals surface area contributed by atoms with Gasteiger partial charge in [0.15, 0.2) is 0 Å². The van der Waals surface area contributed by atoms with Crippen LogP contribution in [0, 0.1) is 11.3 Å². The maximum atomic E-state index is 12.3. The lowest BCUT2D eigenvalue weighted by Gasteiger charge is -2.58. The van der Waals surface area contributed by atoms with Crippen LogP contribution in [0.25, 0.3) is 0 Å². The van der Waals surface area contributed by atoms with Gasteiger partial charge in [0.1, 0.15) is 12.1 Å². The molecule has 0 radical (unpaired) electrons. The number of carbonyl (C=O) groups excluding carboxylic acids is 1. The molecule has 29 heavy (non-hydrogen) atoms. The second-order valence-corrected chi connectivity index (χ2v) is 8.02. The monoisotopic (exact) mass is 397 g/mol. The Balaban J connectivity index is 1.55. The number of carbonyl (C=O) groups is 2. The molecule has 154 valence electrons. The summed E-state index contributed by atoms with van der Waals surface area (Å²) in [6, 6.07) is 19.1. The van der Waals surface area contributed by atoms with Gasteiger partial charge in [-0.05, 0) is 23.5 Å². The van der Waals surface area contributed by atoms with Crippen LogP contribution in [0.15, 0.2) is 60.7 Å². The molecule has 1 fully saturated rings. The van der Waals surface area contributed by atoms with E-state index in [1.165, 1.54) is 0 Å². The molecule has 6 heteroatoms. The summed E-state index contributed by atoms with van der Waals surface area (Å²) in [6.07, 6.45) is -0.433. The van der Waals surface area contributed by atoms with Gasteiger partial charge in [0, 0.05) is 5.41 Å². The number of benzene rings is 2. The first-order valence-electron chi connectivity index (χ1n) is 9.69. The standard InChI is InChI=1S/C23H27NO5/c1-22(2)19(16-28-14-17-9-5-3-6-10-17)13-23(22,20(25)26)24-21(27)29-15-18-11-7-4-8-12-18/h3-12,19H,13-16H2,1-2H3,(H,24,27)(H,25,26). The van der Waals surface area contributed by atoms with E-state index in [1.807, 2.05) is 74.5 Å². The normalized spacial score (nSPS) is 22.3. The minimum atomic E-state index is -1.37. The van der Waals surface area contributed by atoms with Gasteiger partial charge in [-0.2, -0.15) is 0 Å². The van der Waals surface area contributed by atoms with E-state index in [1.54, 1.807) is 0 Å². The van der Waals surface area contributed by atoms with Crippen LogP contribution in [-0.4, -0.2) is 29.3 Å². The number of nitrogens with one attached hydrogen (secondary N) is 1. The molecule has 2 aromatic rings. The highest BCUT2D eigenvalue weighted by molar-refractivity contribution is 5.87. The van der Waals surface area contributed by atoms with Gasteiger partial charge >= 0.3 is 12.1 Å². The zero-order valence-corrected chi connectivity index (χ0v) is 16.8. The molecule has 1 saturated carbocycles. The third-order valence-corrected chi connectivity index (χ3v) is 6.00. The number of hydrogen-bond acceptors (Lipinski definition) is 4. The molecule has 2 unspecified atom stereocenters. The first-order valence-corrected chi connectivity index (χ1v) is 9.69. The summed E-state index contributed by atoms with van der Waals surface area (Å²) in [5.41, 5.74) is -0.146. The smallest absolute Gasteiger partial charge is 0.408 e. The van der Waals surface area contributed by atoms with Crippen molar-refractivity contribution in [3.63, 3.8) is 0 Å². The van der Waals surface area contributed by atoms with E-state index in [-0.39, 0.29) is 12.5 Å². The van der Waals surface area contributed by atoms with Crippen molar-refractivity contribution < 1.29 is 24.2 Å². The van der Waals surface area contributed by atoms with Crippen LogP contribution in [0.2, 0.25) is 0 Å². The molecular formula is C23H27NO5. The Morgan fingerprint density at radius 1 is 1.00 bits per heavy atom. The Morgan fingerprint density at radius 3 is 2.07 bits per heavy atom. The van der Waals surface area contributed by atoms with Crippen LogP contribution < -0.4 is 5.32 Å².